The molecule has 1 aliphatic heterocycles. The van der Waals surface area contributed by atoms with Crippen LogP contribution in [0.2, 0.25) is 0 Å². The van der Waals surface area contributed by atoms with Crippen LogP contribution < -0.4 is 4.90 Å². The Kier molecular flexibility index (Phi) is 5.49. The van der Waals surface area contributed by atoms with Crippen LogP contribution in [-0.4, -0.2) is 26.1 Å². The van der Waals surface area contributed by atoms with Crippen LogP contribution in [0.5, 0.6) is 0 Å². The first-order valence-electron chi connectivity index (χ1n) is 9.05. The summed E-state index contributed by atoms with van der Waals surface area (Å²) in [5, 5.41) is 1.67. The van der Waals surface area contributed by atoms with Crippen LogP contribution in [0.3, 0.4) is 0 Å². The molecule has 1 heterocycles. The summed E-state index contributed by atoms with van der Waals surface area (Å²) in [6.07, 6.45) is 12.1. The summed E-state index contributed by atoms with van der Waals surface area (Å²) >= 11 is 4.46. The molecule has 0 saturated heterocycles. The predicted octanol–water partition coefficient (Wildman–Crippen LogP) is 5.16. The van der Waals surface area contributed by atoms with Gasteiger partial charge in [-0.05, 0) is 41.5 Å². The maximum absolute atomic E-state index is 11.7. The normalized spacial score (nSPS) is 19.5. The minimum atomic E-state index is -4.31. The highest BCUT2D eigenvalue weighted by Crippen LogP contribution is 2.49. The molecular weight excluding hydrogens is 390 g/mol. The van der Waals surface area contributed by atoms with Gasteiger partial charge in [0.25, 0.3) is 10.1 Å². The lowest BCUT2D eigenvalue weighted by Gasteiger charge is -2.30. The van der Waals surface area contributed by atoms with Gasteiger partial charge in [-0.2, -0.15) is 8.42 Å². The summed E-state index contributed by atoms with van der Waals surface area (Å²) in [6, 6.07) is 7.05. The first kappa shape index (κ1) is 20.7. The molecule has 6 heteroatoms. The van der Waals surface area contributed by atoms with E-state index in [0.29, 0.717) is 4.90 Å². The Hall–Kier alpha value is -2.02. The zero-order valence-electron chi connectivity index (χ0n) is 16.4. The van der Waals surface area contributed by atoms with Crippen molar-refractivity contribution in [1.29, 1.82) is 0 Å². The van der Waals surface area contributed by atoms with Crippen LogP contribution >= 0.6 is 12.6 Å². The van der Waals surface area contributed by atoms with Crippen LogP contribution in [0.4, 0.5) is 5.69 Å². The summed E-state index contributed by atoms with van der Waals surface area (Å²) in [5.41, 5.74) is 1.83. The number of thiol groups is 1. The number of likely N-dealkylation sites (N-methyl/N-ethyl adjacent to an activating group) is 1. The lowest BCUT2D eigenvalue weighted by Crippen LogP contribution is -2.37. The smallest absolute Gasteiger partial charge is 0.294 e. The Labute approximate surface area is 172 Å². The monoisotopic (exact) mass is 415 g/mol. The molecule has 1 N–H and O–H groups in total. The summed E-state index contributed by atoms with van der Waals surface area (Å²) in [4.78, 5) is 2.59. The zero-order chi connectivity index (χ0) is 20.7. The Morgan fingerprint density at radius 3 is 2.43 bits per heavy atom. The highest BCUT2D eigenvalue weighted by atomic mass is 32.2. The number of allylic oxidation sites excluding steroid dienone is 5. The molecule has 1 atom stereocenters. The number of hydrogen-bond donors (Lipinski definition) is 2. The maximum Gasteiger partial charge on any atom is 0.294 e. The first-order valence-corrected chi connectivity index (χ1v) is 10.9. The molecule has 0 amide bonds. The van der Waals surface area contributed by atoms with E-state index in [1.54, 1.807) is 6.07 Å². The molecule has 3 rings (SSSR count). The molecule has 28 heavy (non-hydrogen) atoms. The SMILES string of the molecule is C\C=C/C=C/C=C/C1N(C)c2ccc3c(S)cc(S(=O)(=O)O)cc3c2C1(C)C. The van der Waals surface area contributed by atoms with E-state index in [4.69, 9.17) is 0 Å². The molecule has 0 aliphatic carbocycles. The number of benzene rings is 2. The van der Waals surface area contributed by atoms with Gasteiger partial charge in [-0.1, -0.05) is 56.4 Å². The van der Waals surface area contributed by atoms with E-state index >= 15 is 0 Å². The van der Waals surface area contributed by atoms with Gasteiger partial charge in [0.15, 0.2) is 0 Å². The lowest BCUT2D eigenvalue weighted by atomic mass is 9.78. The molecule has 148 valence electrons. The Morgan fingerprint density at radius 2 is 1.79 bits per heavy atom. The second kappa shape index (κ2) is 7.43. The maximum atomic E-state index is 11.7. The van der Waals surface area contributed by atoms with Crippen molar-refractivity contribution in [2.75, 3.05) is 11.9 Å². The van der Waals surface area contributed by atoms with E-state index in [2.05, 4.69) is 43.5 Å². The number of fused-ring (bicyclic) bond motifs is 3. The third-order valence-corrected chi connectivity index (χ3v) is 6.56. The minimum absolute atomic E-state index is 0.0983. The summed E-state index contributed by atoms with van der Waals surface area (Å²) < 4.78 is 33.0. The molecule has 2 aromatic rings. The average Bonchev–Trinajstić information content (AvgIpc) is 2.81. The highest BCUT2D eigenvalue weighted by molar-refractivity contribution is 7.86. The number of nitrogens with zero attached hydrogens (tertiary/aromatic N) is 1. The summed E-state index contributed by atoms with van der Waals surface area (Å²) in [5.74, 6) is 0. The molecule has 0 bridgehead atoms. The van der Waals surface area contributed by atoms with Gasteiger partial charge >= 0.3 is 0 Å². The fourth-order valence-corrected chi connectivity index (χ4v) is 5.01. The standard InChI is InChI=1S/C22H25NO3S2/c1-5-6-7-8-9-10-20-22(2,3)21-17-13-15(28(24,25)26)14-19(27)16(17)11-12-18(21)23(20)4/h5-14,20,27H,1-4H3,(H,24,25,26)/b6-5-,8-7+,10-9+. The largest absolute Gasteiger partial charge is 0.367 e. The van der Waals surface area contributed by atoms with Crippen molar-refractivity contribution in [3.63, 3.8) is 0 Å². The average molecular weight is 416 g/mol. The van der Waals surface area contributed by atoms with E-state index in [1.807, 2.05) is 50.4 Å². The molecule has 1 aliphatic rings. The van der Waals surface area contributed by atoms with Crippen LogP contribution in [0.15, 0.2) is 70.5 Å². The first-order chi connectivity index (χ1) is 13.1. The van der Waals surface area contributed by atoms with Crippen molar-refractivity contribution in [2.45, 2.75) is 42.0 Å². The summed E-state index contributed by atoms with van der Waals surface area (Å²) in [6.45, 7) is 6.27. The molecular formula is C22H25NO3S2. The lowest BCUT2D eigenvalue weighted by molar-refractivity contribution is 0.482. The zero-order valence-corrected chi connectivity index (χ0v) is 18.1. The number of rotatable bonds is 4. The van der Waals surface area contributed by atoms with Gasteiger partial charge in [-0.3, -0.25) is 4.55 Å². The molecule has 0 aromatic heterocycles. The van der Waals surface area contributed by atoms with Crippen molar-refractivity contribution in [3.05, 3.63) is 66.3 Å². The molecule has 2 aromatic carbocycles. The van der Waals surface area contributed by atoms with Crippen molar-refractivity contribution in [1.82, 2.24) is 0 Å². The van der Waals surface area contributed by atoms with Crippen LogP contribution in [-0.2, 0) is 15.5 Å². The molecule has 0 saturated carbocycles. The second-order valence-corrected chi connectivity index (χ2v) is 9.45. The Morgan fingerprint density at radius 1 is 1.11 bits per heavy atom. The van der Waals surface area contributed by atoms with Gasteiger partial charge in [0.1, 0.15) is 0 Å². The van der Waals surface area contributed by atoms with Gasteiger partial charge in [0.05, 0.1) is 10.9 Å². The fraction of sp³-hybridized carbons (Fsp3) is 0.273. The van der Waals surface area contributed by atoms with Crippen LogP contribution in [0, 0.1) is 0 Å². The third-order valence-electron chi connectivity index (χ3n) is 5.36. The van der Waals surface area contributed by atoms with E-state index in [9.17, 15) is 13.0 Å². The highest BCUT2D eigenvalue weighted by Gasteiger charge is 2.42. The Balaban J connectivity index is 2.20. The molecule has 4 nitrogen and oxygen atoms in total. The van der Waals surface area contributed by atoms with E-state index < -0.39 is 10.1 Å². The molecule has 0 spiro atoms. The van der Waals surface area contributed by atoms with Gasteiger partial charge in [-0.15, -0.1) is 12.6 Å². The van der Waals surface area contributed by atoms with E-state index in [0.717, 1.165) is 22.0 Å². The fourth-order valence-electron chi connectivity index (χ4n) is 4.06. The van der Waals surface area contributed by atoms with Crippen molar-refractivity contribution >= 4 is 39.2 Å². The van der Waals surface area contributed by atoms with E-state index in [-0.39, 0.29) is 16.4 Å². The van der Waals surface area contributed by atoms with Gasteiger partial charge in [0.2, 0.25) is 0 Å². The van der Waals surface area contributed by atoms with Gasteiger partial charge < -0.3 is 4.90 Å². The molecule has 0 radical (unpaired) electrons. The van der Waals surface area contributed by atoms with Crippen molar-refractivity contribution in [2.24, 2.45) is 0 Å². The third kappa shape index (κ3) is 3.52. The number of anilines is 1. The molecule has 0 fully saturated rings. The predicted molar refractivity (Wildman–Crippen MR) is 119 cm³/mol. The van der Waals surface area contributed by atoms with Gasteiger partial charge in [-0.25, -0.2) is 0 Å². The van der Waals surface area contributed by atoms with Crippen molar-refractivity contribution in [3.8, 4) is 0 Å². The topological polar surface area (TPSA) is 57.6 Å². The van der Waals surface area contributed by atoms with Crippen molar-refractivity contribution < 1.29 is 13.0 Å². The summed E-state index contributed by atoms with van der Waals surface area (Å²) in [7, 11) is -2.27. The van der Waals surface area contributed by atoms with E-state index in [1.165, 1.54) is 6.07 Å². The van der Waals surface area contributed by atoms with Crippen LogP contribution in [0.1, 0.15) is 26.3 Å². The minimum Gasteiger partial charge on any atom is -0.367 e. The van der Waals surface area contributed by atoms with Crippen LogP contribution in [0.25, 0.3) is 10.8 Å². The number of hydrogen-bond acceptors (Lipinski definition) is 4. The quantitative estimate of drug-likeness (QED) is 0.411. The second-order valence-electron chi connectivity index (χ2n) is 7.55. The molecule has 1 unspecified atom stereocenters. The van der Waals surface area contributed by atoms with Gasteiger partial charge in [0, 0.05) is 23.0 Å². The Bertz CT molecular complexity index is 1110.